The van der Waals surface area contributed by atoms with Crippen LogP contribution in [0.5, 0.6) is 0 Å². The fourth-order valence-corrected chi connectivity index (χ4v) is 3.83. The molecule has 22 heavy (non-hydrogen) atoms. The number of halogens is 1. The molecule has 7 heteroatoms. The van der Waals surface area contributed by atoms with Crippen molar-refractivity contribution in [3.63, 3.8) is 0 Å². The van der Waals surface area contributed by atoms with Gasteiger partial charge >= 0.3 is 0 Å². The van der Waals surface area contributed by atoms with Gasteiger partial charge in [-0.25, -0.2) is 0 Å². The fourth-order valence-electron chi connectivity index (χ4n) is 2.64. The maximum Gasteiger partial charge on any atom is 0.287 e. The Kier molecular flexibility index (Phi) is 5.30. The third-order valence-corrected chi connectivity index (χ3v) is 5.19. The number of carbonyl (C=O) groups is 1. The molecule has 0 saturated carbocycles. The minimum Gasteiger partial charge on any atom is -0.444 e. The summed E-state index contributed by atoms with van der Waals surface area (Å²) in [6, 6.07) is 7.83. The molecule has 0 unspecified atom stereocenters. The maximum atomic E-state index is 12.2. The van der Waals surface area contributed by atoms with Crippen molar-refractivity contribution in [2.24, 2.45) is 0 Å². The van der Waals surface area contributed by atoms with Gasteiger partial charge in [0.15, 0.2) is 10.4 Å². The number of nitrogens with one attached hydrogen (secondary N) is 2. The second-order valence-electron chi connectivity index (χ2n) is 5.15. The van der Waals surface area contributed by atoms with Crippen LogP contribution in [-0.2, 0) is 4.74 Å². The van der Waals surface area contributed by atoms with Crippen molar-refractivity contribution in [2.45, 2.75) is 6.04 Å². The van der Waals surface area contributed by atoms with Crippen molar-refractivity contribution in [1.82, 2.24) is 5.32 Å². The highest BCUT2D eigenvalue weighted by Crippen LogP contribution is 2.17. The van der Waals surface area contributed by atoms with Crippen molar-refractivity contribution in [2.75, 3.05) is 32.8 Å². The summed E-state index contributed by atoms with van der Waals surface area (Å²) in [5.41, 5.74) is 0. The van der Waals surface area contributed by atoms with Crippen LogP contribution in [0.1, 0.15) is 21.5 Å². The normalized spacial score (nSPS) is 17.3. The molecule has 0 spiro atoms. The quantitative estimate of drug-likeness (QED) is 0.819. The number of furan rings is 1. The summed E-state index contributed by atoms with van der Waals surface area (Å²) in [5, 5.41) is 5.07. The highest BCUT2D eigenvalue weighted by atomic mass is 79.9. The van der Waals surface area contributed by atoms with Gasteiger partial charge in [-0.1, -0.05) is 6.07 Å². The van der Waals surface area contributed by atoms with Gasteiger partial charge in [0, 0.05) is 0 Å². The average molecular weight is 386 g/mol. The molecule has 1 aliphatic rings. The van der Waals surface area contributed by atoms with Crippen LogP contribution in [0.3, 0.4) is 0 Å². The Bertz CT molecular complexity index is 608. The van der Waals surface area contributed by atoms with Gasteiger partial charge in [-0.05, 0) is 39.5 Å². The van der Waals surface area contributed by atoms with Gasteiger partial charge in [0.05, 0.1) is 24.6 Å². The SMILES string of the molecule is O=C(NC[C@@H](c1cccs1)[NH+]1CCOCC1)c1ccc(Br)o1. The standard InChI is InChI=1S/C15H17BrN2O3S/c16-14-4-3-12(21-14)15(19)17-10-11(13-2-1-9-22-13)18-5-7-20-8-6-18/h1-4,9,11H,5-8,10H2,(H,17,19)/p+1/t11-/m0/s1. The van der Waals surface area contributed by atoms with E-state index in [0.29, 0.717) is 17.0 Å². The summed E-state index contributed by atoms with van der Waals surface area (Å²) in [4.78, 5) is 14.9. The van der Waals surface area contributed by atoms with Gasteiger partial charge in [0.2, 0.25) is 0 Å². The first-order valence-corrected chi connectivity index (χ1v) is 8.90. The summed E-state index contributed by atoms with van der Waals surface area (Å²) in [5.74, 6) is 0.147. The van der Waals surface area contributed by atoms with E-state index in [0.717, 1.165) is 26.3 Å². The highest BCUT2D eigenvalue weighted by Gasteiger charge is 2.28. The van der Waals surface area contributed by atoms with Crippen LogP contribution in [0.25, 0.3) is 0 Å². The minimum atomic E-state index is -0.181. The lowest BCUT2D eigenvalue weighted by Gasteiger charge is -2.31. The number of thiophene rings is 1. The molecular formula is C15H18BrN2O3S+. The zero-order valence-electron chi connectivity index (χ0n) is 12.0. The average Bonchev–Trinajstić information content (AvgIpc) is 3.20. The predicted molar refractivity (Wildman–Crippen MR) is 87.3 cm³/mol. The molecule has 1 aliphatic heterocycles. The van der Waals surface area contributed by atoms with E-state index in [9.17, 15) is 4.79 Å². The first kappa shape index (κ1) is 15.7. The van der Waals surface area contributed by atoms with Crippen LogP contribution in [0.2, 0.25) is 0 Å². The second-order valence-corrected chi connectivity index (χ2v) is 6.91. The maximum absolute atomic E-state index is 12.2. The molecule has 2 N–H and O–H groups in total. The van der Waals surface area contributed by atoms with E-state index in [-0.39, 0.29) is 11.9 Å². The smallest absolute Gasteiger partial charge is 0.287 e. The van der Waals surface area contributed by atoms with Crippen molar-refractivity contribution in [3.8, 4) is 0 Å². The molecule has 0 bridgehead atoms. The van der Waals surface area contributed by atoms with E-state index in [1.165, 1.54) is 9.78 Å². The Hall–Kier alpha value is -1.15. The van der Waals surface area contributed by atoms with Gasteiger partial charge in [0.1, 0.15) is 19.1 Å². The van der Waals surface area contributed by atoms with Gasteiger partial charge in [-0.2, -0.15) is 0 Å². The number of hydrogen-bond acceptors (Lipinski definition) is 4. The molecule has 2 aromatic heterocycles. The van der Waals surface area contributed by atoms with Crippen LogP contribution in [0.4, 0.5) is 0 Å². The number of ether oxygens (including phenoxy) is 1. The number of carbonyl (C=O) groups excluding carboxylic acids is 1. The predicted octanol–water partition coefficient (Wildman–Crippen LogP) is 1.49. The summed E-state index contributed by atoms with van der Waals surface area (Å²) < 4.78 is 11.3. The monoisotopic (exact) mass is 385 g/mol. The van der Waals surface area contributed by atoms with Crippen molar-refractivity contribution >= 4 is 33.2 Å². The number of quaternary nitrogens is 1. The molecule has 0 aliphatic carbocycles. The molecule has 118 valence electrons. The molecule has 0 radical (unpaired) electrons. The highest BCUT2D eigenvalue weighted by molar-refractivity contribution is 9.10. The zero-order chi connectivity index (χ0) is 15.4. The molecule has 5 nitrogen and oxygen atoms in total. The third-order valence-electron chi connectivity index (χ3n) is 3.78. The van der Waals surface area contributed by atoms with E-state index in [4.69, 9.17) is 9.15 Å². The van der Waals surface area contributed by atoms with Crippen molar-refractivity contribution in [1.29, 1.82) is 0 Å². The third kappa shape index (κ3) is 3.78. The van der Waals surface area contributed by atoms with Crippen LogP contribution in [-0.4, -0.2) is 38.8 Å². The van der Waals surface area contributed by atoms with Crippen LogP contribution in [0.15, 0.2) is 38.7 Å². The summed E-state index contributed by atoms with van der Waals surface area (Å²) in [6.07, 6.45) is 0. The molecule has 1 atom stereocenters. The number of morpholine rings is 1. The fraction of sp³-hybridized carbons (Fsp3) is 0.400. The molecule has 3 rings (SSSR count). The van der Waals surface area contributed by atoms with Crippen molar-refractivity contribution in [3.05, 3.63) is 45.0 Å². The van der Waals surface area contributed by atoms with E-state index in [1.54, 1.807) is 23.5 Å². The van der Waals surface area contributed by atoms with E-state index in [2.05, 4.69) is 38.8 Å². The number of amides is 1. The van der Waals surface area contributed by atoms with E-state index in [1.807, 2.05) is 0 Å². The lowest BCUT2D eigenvalue weighted by molar-refractivity contribution is -0.937. The van der Waals surface area contributed by atoms with E-state index < -0.39 is 0 Å². The van der Waals surface area contributed by atoms with Crippen LogP contribution in [0, 0.1) is 0 Å². The largest absolute Gasteiger partial charge is 0.444 e. The first-order valence-electron chi connectivity index (χ1n) is 7.23. The molecule has 3 heterocycles. The first-order chi connectivity index (χ1) is 10.7. The lowest BCUT2D eigenvalue weighted by atomic mass is 10.2. The van der Waals surface area contributed by atoms with Crippen LogP contribution >= 0.6 is 27.3 Å². The Morgan fingerprint density at radius 1 is 1.36 bits per heavy atom. The van der Waals surface area contributed by atoms with Crippen molar-refractivity contribution < 1.29 is 18.8 Å². The Morgan fingerprint density at radius 3 is 2.82 bits per heavy atom. The van der Waals surface area contributed by atoms with Gasteiger partial charge < -0.3 is 19.4 Å². The topological polar surface area (TPSA) is 55.9 Å². The van der Waals surface area contributed by atoms with E-state index >= 15 is 0 Å². The summed E-state index contributed by atoms with van der Waals surface area (Å²) >= 11 is 4.94. The number of hydrogen-bond donors (Lipinski definition) is 2. The van der Waals surface area contributed by atoms with Gasteiger partial charge in [-0.15, -0.1) is 11.3 Å². The Morgan fingerprint density at radius 2 is 2.18 bits per heavy atom. The summed E-state index contributed by atoms with van der Waals surface area (Å²) in [6.45, 7) is 4.06. The lowest BCUT2D eigenvalue weighted by Crippen LogP contribution is -3.15. The molecule has 1 amide bonds. The van der Waals surface area contributed by atoms with Gasteiger partial charge in [-0.3, -0.25) is 4.79 Å². The molecule has 0 aromatic carbocycles. The molecule has 1 saturated heterocycles. The second kappa shape index (κ2) is 7.41. The Balaban J connectivity index is 1.66. The molecular weight excluding hydrogens is 368 g/mol. The molecule has 1 fully saturated rings. The number of rotatable bonds is 5. The Labute approximate surface area is 141 Å². The summed E-state index contributed by atoms with van der Waals surface area (Å²) in [7, 11) is 0. The molecule has 2 aromatic rings. The van der Waals surface area contributed by atoms with Gasteiger partial charge in [0.25, 0.3) is 5.91 Å². The zero-order valence-corrected chi connectivity index (χ0v) is 14.4. The minimum absolute atomic E-state index is 0.181. The van der Waals surface area contributed by atoms with Crippen LogP contribution < -0.4 is 10.2 Å².